The van der Waals surface area contributed by atoms with Crippen LogP contribution in [-0.4, -0.2) is 24.9 Å². The highest BCUT2D eigenvalue weighted by Crippen LogP contribution is 2.28. The van der Waals surface area contributed by atoms with Crippen molar-refractivity contribution >= 4 is 17.5 Å². The minimum absolute atomic E-state index is 0.0850. The van der Waals surface area contributed by atoms with Gasteiger partial charge in [0.25, 0.3) is 0 Å². The monoisotopic (exact) mass is 275 g/mol. The molecule has 3 atom stereocenters. The van der Waals surface area contributed by atoms with E-state index in [1.54, 1.807) is 7.05 Å². The molecular formula is C15H21N3O2. The average molecular weight is 275 g/mol. The van der Waals surface area contributed by atoms with E-state index < -0.39 is 6.04 Å². The lowest BCUT2D eigenvalue weighted by Crippen LogP contribution is -2.47. The predicted octanol–water partition coefficient (Wildman–Crippen LogP) is 1.43. The van der Waals surface area contributed by atoms with Gasteiger partial charge in [-0.2, -0.15) is 0 Å². The van der Waals surface area contributed by atoms with Gasteiger partial charge in [0, 0.05) is 18.3 Å². The fraction of sp³-hybridized carbons (Fsp3) is 0.467. The second-order valence-corrected chi connectivity index (χ2v) is 5.15. The molecule has 2 amide bonds. The van der Waals surface area contributed by atoms with Gasteiger partial charge < -0.3 is 10.6 Å². The number of hydrogen-bond donors (Lipinski definition) is 3. The number of likely N-dealkylation sites (N-methyl/N-ethyl adjacent to an activating group) is 1. The number of fused-ring (bicyclic) bond motifs is 1. The fourth-order valence-electron chi connectivity index (χ4n) is 2.44. The summed E-state index contributed by atoms with van der Waals surface area (Å²) in [6.45, 7) is 4.04. The topological polar surface area (TPSA) is 70.2 Å². The Labute approximate surface area is 119 Å². The zero-order valence-corrected chi connectivity index (χ0v) is 12.1. The van der Waals surface area contributed by atoms with Gasteiger partial charge in [-0.1, -0.05) is 38.5 Å². The van der Waals surface area contributed by atoms with Gasteiger partial charge in [-0.15, -0.1) is 0 Å². The van der Waals surface area contributed by atoms with E-state index in [-0.39, 0.29) is 23.8 Å². The molecule has 0 spiro atoms. The standard InChI is InChI=1S/C15H21N3O2/c1-4-9(2)12-15(20)17-11-8-6-5-7-10(11)13(18-12)14(19)16-3/h5-9,12-13,18H,4H2,1-3H3,(H,16,19)(H,17,20)/t9?,12-,13?/m0/s1. The Hall–Kier alpha value is -1.88. The maximum atomic E-state index is 12.3. The van der Waals surface area contributed by atoms with E-state index in [0.717, 1.165) is 12.0 Å². The van der Waals surface area contributed by atoms with E-state index in [4.69, 9.17) is 0 Å². The maximum Gasteiger partial charge on any atom is 0.241 e. The van der Waals surface area contributed by atoms with Crippen LogP contribution in [0.4, 0.5) is 5.69 Å². The summed E-state index contributed by atoms with van der Waals surface area (Å²) in [6, 6.07) is 6.50. The van der Waals surface area contributed by atoms with Crippen molar-refractivity contribution in [2.45, 2.75) is 32.4 Å². The first-order valence-electron chi connectivity index (χ1n) is 6.96. The quantitative estimate of drug-likeness (QED) is 0.781. The highest BCUT2D eigenvalue weighted by atomic mass is 16.2. The highest BCUT2D eigenvalue weighted by molar-refractivity contribution is 5.99. The first kappa shape index (κ1) is 14.5. The van der Waals surface area contributed by atoms with Crippen LogP contribution >= 0.6 is 0 Å². The normalized spacial score (nSPS) is 23.2. The molecule has 1 heterocycles. The summed E-state index contributed by atoms with van der Waals surface area (Å²) in [5, 5.41) is 8.77. The van der Waals surface area contributed by atoms with Gasteiger partial charge in [0.1, 0.15) is 6.04 Å². The number of nitrogens with one attached hydrogen (secondary N) is 3. The summed E-state index contributed by atoms with van der Waals surface area (Å²) in [5.41, 5.74) is 1.50. The Kier molecular flexibility index (Phi) is 4.39. The van der Waals surface area contributed by atoms with Crippen molar-refractivity contribution in [1.82, 2.24) is 10.6 Å². The van der Waals surface area contributed by atoms with Crippen molar-refractivity contribution < 1.29 is 9.59 Å². The second kappa shape index (κ2) is 6.05. The summed E-state index contributed by atoms with van der Waals surface area (Å²) < 4.78 is 0. The summed E-state index contributed by atoms with van der Waals surface area (Å²) in [4.78, 5) is 24.5. The van der Waals surface area contributed by atoms with Crippen molar-refractivity contribution in [1.29, 1.82) is 0 Å². The van der Waals surface area contributed by atoms with Crippen LogP contribution in [-0.2, 0) is 9.59 Å². The fourth-order valence-corrected chi connectivity index (χ4v) is 2.44. The molecule has 5 heteroatoms. The molecule has 0 aliphatic carbocycles. The van der Waals surface area contributed by atoms with Crippen LogP contribution in [0.3, 0.4) is 0 Å². The number of carbonyl (C=O) groups excluding carboxylic acids is 2. The molecule has 108 valence electrons. The first-order valence-corrected chi connectivity index (χ1v) is 6.96. The van der Waals surface area contributed by atoms with Crippen molar-refractivity contribution in [2.75, 3.05) is 12.4 Å². The van der Waals surface area contributed by atoms with E-state index in [1.807, 2.05) is 38.1 Å². The van der Waals surface area contributed by atoms with Crippen LogP contribution in [0.1, 0.15) is 31.9 Å². The SMILES string of the molecule is CCC(C)[C@@H]1NC(C(=O)NC)c2ccccc2NC1=O. The lowest BCUT2D eigenvalue weighted by Gasteiger charge is -2.24. The summed E-state index contributed by atoms with van der Waals surface area (Å²) in [7, 11) is 1.60. The molecule has 0 fully saturated rings. The lowest BCUT2D eigenvalue weighted by atomic mass is 9.97. The molecule has 1 aliphatic rings. The summed E-state index contributed by atoms with van der Waals surface area (Å²) in [5.74, 6) is -0.0723. The van der Waals surface area contributed by atoms with Gasteiger partial charge in [0.15, 0.2) is 0 Å². The zero-order chi connectivity index (χ0) is 14.7. The molecule has 0 saturated heterocycles. The Balaban J connectivity index is 2.42. The van der Waals surface area contributed by atoms with Gasteiger partial charge in [0.05, 0.1) is 6.04 Å². The molecule has 2 unspecified atom stereocenters. The first-order chi connectivity index (χ1) is 9.58. The molecule has 20 heavy (non-hydrogen) atoms. The molecule has 1 aliphatic heterocycles. The Morgan fingerprint density at radius 3 is 2.75 bits per heavy atom. The maximum absolute atomic E-state index is 12.3. The van der Waals surface area contributed by atoms with Crippen molar-refractivity contribution in [3.63, 3.8) is 0 Å². The number of rotatable bonds is 3. The third kappa shape index (κ3) is 2.67. The van der Waals surface area contributed by atoms with Gasteiger partial charge in [-0.05, 0) is 12.0 Å². The molecular weight excluding hydrogens is 254 g/mol. The smallest absolute Gasteiger partial charge is 0.241 e. The summed E-state index contributed by atoms with van der Waals surface area (Å²) >= 11 is 0. The van der Waals surface area contributed by atoms with Crippen LogP contribution in [0.15, 0.2) is 24.3 Å². The molecule has 3 N–H and O–H groups in total. The molecule has 0 saturated carbocycles. The van der Waals surface area contributed by atoms with Crippen molar-refractivity contribution in [2.24, 2.45) is 5.92 Å². The summed E-state index contributed by atoms with van der Waals surface area (Å²) in [6.07, 6.45) is 0.863. The number of para-hydroxylation sites is 1. The van der Waals surface area contributed by atoms with Gasteiger partial charge in [0.2, 0.25) is 11.8 Å². The second-order valence-electron chi connectivity index (χ2n) is 5.15. The van der Waals surface area contributed by atoms with E-state index in [0.29, 0.717) is 5.69 Å². The van der Waals surface area contributed by atoms with Gasteiger partial charge >= 0.3 is 0 Å². The molecule has 5 nitrogen and oxygen atoms in total. The lowest BCUT2D eigenvalue weighted by molar-refractivity contribution is -0.124. The van der Waals surface area contributed by atoms with Gasteiger partial charge in [-0.25, -0.2) is 0 Å². The van der Waals surface area contributed by atoms with Crippen LogP contribution in [0.2, 0.25) is 0 Å². The third-order valence-corrected chi connectivity index (χ3v) is 3.88. The van der Waals surface area contributed by atoms with Crippen molar-refractivity contribution in [3.8, 4) is 0 Å². The van der Waals surface area contributed by atoms with Crippen LogP contribution < -0.4 is 16.0 Å². The number of anilines is 1. The number of carbonyl (C=O) groups is 2. The van der Waals surface area contributed by atoms with Gasteiger partial charge in [-0.3, -0.25) is 14.9 Å². The highest BCUT2D eigenvalue weighted by Gasteiger charge is 2.34. The Morgan fingerprint density at radius 1 is 1.40 bits per heavy atom. The number of benzene rings is 1. The molecule has 0 aromatic heterocycles. The Bertz CT molecular complexity index is 516. The number of hydrogen-bond acceptors (Lipinski definition) is 3. The van der Waals surface area contributed by atoms with Crippen LogP contribution in [0.5, 0.6) is 0 Å². The minimum atomic E-state index is -0.519. The van der Waals surface area contributed by atoms with Crippen LogP contribution in [0, 0.1) is 5.92 Å². The van der Waals surface area contributed by atoms with E-state index in [2.05, 4.69) is 16.0 Å². The molecule has 1 aromatic carbocycles. The molecule has 0 bridgehead atoms. The van der Waals surface area contributed by atoms with E-state index in [9.17, 15) is 9.59 Å². The number of amides is 2. The van der Waals surface area contributed by atoms with E-state index in [1.165, 1.54) is 0 Å². The van der Waals surface area contributed by atoms with E-state index >= 15 is 0 Å². The van der Waals surface area contributed by atoms with Crippen LogP contribution in [0.25, 0.3) is 0 Å². The Morgan fingerprint density at radius 2 is 2.10 bits per heavy atom. The predicted molar refractivity (Wildman–Crippen MR) is 78.3 cm³/mol. The molecule has 1 aromatic rings. The third-order valence-electron chi connectivity index (χ3n) is 3.88. The minimum Gasteiger partial charge on any atom is -0.358 e. The van der Waals surface area contributed by atoms with Crippen molar-refractivity contribution in [3.05, 3.63) is 29.8 Å². The molecule has 0 radical (unpaired) electrons. The zero-order valence-electron chi connectivity index (χ0n) is 12.1. The largest absolute Gasteiger partial charge is 0.358 e. The molecule has 2 rings (SSSR count). The average Bonchev–Trinajstić information content (AvgIpc) is 2.62.